The van der Waals surface area contributed by atoms with Crippen molar-refractivity contribution in [3.8, 4) is 11.1 Å². The van der Waals surface area contributed by atoms with Gasteiger partial charge in [0.2, 0.25) is 0 Å². The standard InChI is InChI=1S/C21H19N3O4/c25-19-16(17-21(28-17)8-11-23(12-9-21)20(26)27)13-22-18-15(7-4-10-24(18)19)14-5-2-1-3-6-14/h1-7,10,13,17H,8-9,11-12H2,(H,26,27). The van der Waals surface area contributed by atoms with E-state index in [1.165, 1.54) is 4.90 Å². The molecule has 1 amide bonds. The van der Waals surface area contributed by atoms with Gasteiger partial charge in [-0.3, -0.25) is 9.20 Å². The van der Waals surface area contributed by atoms with E-state index in [1.807, 2.05) is 42.5 Å². The van der Waals surface area contributed by atoms with Crippen LogP contribution in [0.15, 0.2) is 59.7 Å². The van der Waals surface area contributed by atoms with Crippen LogP contribution in [0.4, 0.5) is 4.79 Å². The Labute approximate surface area is 160 Å². The van der Waals surface area contributed by atoms with Crippen LogP contribution in [-0.4, -0.2) is 44.2 Å². The van der Waals surface area contributed by atoms with Crippen molar-refractivity contribution >= 4 is 11.7 Å². The Balaban J connectivity index is 1.49. The van der Waals surface area contributed by atoms with Gasteiger partial charge in [-0.05, 0) is 30.5 Å². The lowest BCUT2D eigenvalue weighted by molar-refractivity contribution is 0.113. The van der Waals surface area contributed by atoms with Crippen LogP contribution in [0.2, 0.25) is 0 Å². The lowest BCUT2D eigenvalue weighted by Gasteiger charge is -2.28. The second-order valence-electron chi connectivity index (χ2n) is 7.33. The van der Waals surface area contributed by atoms with E-state index >= 15 is 0 Å². The number of likely N-dealkylation sites (tertiary alicyclic amines) is 1. The summed E-state index contributed by atoms with van der Waals surface area (Å²) in [6, 6.07) is 13.6. The van der Waals surface area contributed by atoms with Crippen LogP contribution in [0.3, 0.4) is 0 Å². The Morgan fingerprint density at radius 2 is 1.89 bits per heavy atom. The van der Waals surface area contributed by atoms with E-state index in [4.69, 9.17) is 9.84 Å². The first-order valence-electron chi connectivity index (χ1n) is 9.30. The van der Waals surface area contributed by atoms with Crippen molar-refractivity contribution < 1.29 is 14.6 Å². The molecule has 1 unspecified atom stereocenters. The topological polar surface area (TPSA) is 87.4 Å². The van der Waals surface area contributed by atoms with Crippen LogP contribution in [0, 0.1) is 0 Å². The van der Waals surface area contributed by atoms with Gasteiger partial charge in [-0.25, -0.2) is 9.78 Å². The van der Waals surface area contributed by atoms with E-state index in [1.54, 1.807) is 16.8 Å². The van der Waals surface area contributed by atoms with Gasteiger partial charge in [0, 0.05) is 31.0 Å². The average molecular weight is 377 g/mol. The summed E-state index contributed by atoms with van der Waals surface area (Å²) in [7, 11) is 0. The summed E-state index contributed by atoms with van der Waals surface area (Å²) >= 11 is 0. The number of piperidine rings is 1. The van der Waals surface area contributed by atoms with Crippen LogP contribution in [-0.2, 0) is 4.74 Å². The minimum atomic E-state index is -0.909. The molecule has 3 aromatic rings. The zero-order chi connectivity index (χ0) is 19.3. The number of aromatic nitrogens is 2. The largest absolute Gasteiger partial charge is 0.465 e. The van der Waals surface area contributed by atoms with Crippen LogP contribution < -0.4 is 5.56 Å². The Morgan fingerprint density at radius 1 is 1.14 bits per heavy atom. The molecule has 7 nitrogen and oxygen atoms in total. The van der Waals surface area contributed by atoms with Crippen molar-refractivity contribution in [3.63, 3.8) is 0 Å². The Morgan fingerprint density at radius 3 is 2.61 bits per heavy atom. The number of ether oxygens (including phenoxy) is 1. The zero-order valence-electron chi connectivity index (χ0n) is 15.1. The normalized spacial score (nSPS) is 20.4. The molecule has 7 heteroatoms. The van der Waals surface area contributed by atoms with Crippen molar-refractivity contribution in [1.82, 2.24) is 14.3 Å². The van der Waals surface area contributed by atoms with E-state index in [0.29, 0.717) is 37.1 Å². The van der Waals surface area contributed by atoms with Gasteiger partial charge in [-0.2, -0.15) is 0 Å². The number of hydrogen-bond donors (Lipinski definition) is 1. The van der Waals surface area contributed by atoms with E-state index < -0.39 is 11.7 Å². The number of amides is 1. The summed E-state index contributed by atoms with van der Waals surface area (Å²) in [5.41, 5.74) is 2.47. The summed E-state index contributed by atoms with van der Waals surface area (Å²) in [6.45, 7) is 0.846. The Bertz CT molecular complexity index is 1120. The molecule has 5 rings (SSSR count). The monoisotopic (exact) mass is 377 g/mol. The van der Waals surface area contributed by atoms with Gasteiger partial charge in [-0.1, -0.05) is 30.3 Å². The first-order chi connectivity index (χ1) is 13.6. The number of epoxide rings is 1. The maximum Gasteiger partial charge on any atom is 0.407 e. The number of carbonyl (C=O) groups is 1. The number of carboxylic acid groups (broad SMARTS) is 1. The molecule has 2 fully saturated rings. The average Bonchev–Trinajstić information content (AvgIpc) is 3.41. The Kier molecular flexibility index (Phi) is 3.73. The van der Waals surface area contributed by atoms with E-state index in [0.717, 1.165) is 11.1 Å². The molecule has 142 valence electrons. The molecule has 1 spiro atoms. The fourth-order valence-corrected chi connectivity index (χ4v) is 4.15. The van der Waals surface area contributed by atoms with Gasteiger partial charge in [-0.15, -0.1) is 0 Å². The van der Waals surface area contributed by atoms with Gasteiger partial charge < -0.3 is 14.7 Å². The highest BCUT2D eigenvalue weighted by atomic mass is 16.6. The molecule has 2 aromatic heterocycles. The van der Waals surface area contributed by atoms with Gasteiger partial charge in [0.05, 0.1) is 5.56 Å². The van der Waals surface area contributed by atoms with Crippen molar-refractivity contribution in [2.75, 3.05) is 13.1 Å². The first kappa shape index (κ1) is 16.9. The third kappa shape index (κ3) is 2.58. The molecule has 2 aliphatic rings. The molecule has 4 heterocycles. The molecule has 1 N–H and O–H groups in total. The minimum Gasteiger partial charge on any atom is -0.465 e. The molecule has 0 saturated carbocycles. The maximum atomic E-state index is 13.1. The number of hydrogen-bond acceptors (Lipinski definition) is 4. The number of pyridine rings is 1. The smallest absolute Gasteiger partial charge is 0.407 e. The van der Waals surface area contributed by atoms with E-state index in [2.05, 4.69) is 4.98 Å². The third-order valence-corrected chi connectivity index (χ3v) is 5.78. The fraction of sp³-hybridized carbons (Fsp3) is 0.286. The highest BCUT2D eigenvalue weighted by Gasteiger charge is 2.59. The molecular weight excluding hydrogens is 358 g/mol. The van der Waals surface area contributed by atoms with Gasteiger partial charge in [0.1, 0.15) is 17.4 Å². The van der Waals surface area contributed by atoms with Crippen molar-refractivity contribution in [2.24, 2.45) is 0 Å². The molecule has 28 heavy (non-hydrogen) atoms. The molecule has 0 radical (unpaired) electrons. The highest BCUT2D eigenvalue weighted by molar-refractivity contribution is 5.77. The van der Waals surface area contributed by atoms with Crippen LogP contribution in [0.1, 0.15) is 24.5 Å². The summed E-state index contributed by atoms with van der Waals surface area (Å²) < 4.78 is 7.50. The van der Waals surface area contributed by atoms with E-state index in [-0.39, 0.29) is 11.7 Å². The molecule has 1 aromatic carbocycles. The second kappa shape index (κ2) is 6.17. The molecular formula is C21H19N3O4. The second-order valence-corrected chi connectivity index (χ2v) is 7.33. The lowest BCUT2D eigenvalue weighted by Crippen LogP contribution is -2.41. The number of benzene rings is 1. The summed E-state index contributed by atoms with van der Waals surface area (Å²) in [5.74, 6) is 0. The molecule has 2 aliphatic heterocycles. The van der Waals surface area contributed by atoms with Gasteiger partial charge >= 0.3 is 6.09 Å². The van der Waals surface area contributed by atoms with Crippen LogP contribution in [0.25, 0.3) is 16.8 Å². The maximum absolute atomic E-state index is 13.1. The molecule has 1 atom stereocenters. The predicted octanol–water partition coefficient (Wildman–Crippen LogP) is 2.95. The fourth-order valence-electron chi connectivity index (χ4n) is 4.15. The summed E-state index contributed by atoms with van der Waals surface area (Å²) in [6.07, 6.45) is 3.30. The SMILES string of the molecule is O=C(O)N1CCC2(CC1)OC2c1cnc2c(-c3ccccc3)cccn2c1=O. The number of fused-ring (bicyclic) bond motifs is 1. The van der Waals surface area contributed by atoms with Crippen molar-refractivity contribution in [1.29, 1.82) is 0 Å². The number of rotatable bonds is 2. The van der Waals surface area contributed by atoms with Gasteiger partial charge in [0.15, 0.2) is 0 Å². The highest BCUT2D eigenvalue weighted by Crippen LogP contribution is 2.54. The number of nitrogens with zero attached hydrogens (tertiary/aromatic N) is 3. The Hall–Kier alpha value is -3.19. The minimum absolute atomic E-state index is 0.134. The van der Waals surface area contributed by atoms with E-state index in [9.17, 15) is 9.59 Å². The van der Waals surface area contributed by atoms with Crippen molar-refractivity contribution in [3.05, 3.63) is 70.8 Å². The molecule has 0 aliphatic carbocycles. The third-order valence-electron chi connectivity index (χ3n) is 5.78. The molecule has 2 saturated heterocycles. The van der Waals surface area contributed by atoms with Crippen molar-refractivity contribution in [2.45, 2.75) is 24.5 Å². The first-order valence-corrected chi connectivity index (χ1v) is 9.30. The quantitative estimate of drug-likeness (QED) is 0.694. The molecule has 0 bridgehead atoms. The van der Waals surface area contributed by atoms with Gasteiger partial charge in [0.25, 0.3) is 5.56 Å². The zero-order valence-corrected chi connectivity index (χ0v) is 15.1. The summed E-state index contributed by atoms with van der Waals surface area (Å²) in [5, 5.41) is 9.12. The lowest BCUT2D eigenvalue weighted by atomic mass is 9.91. The van der Waals surface area contributed by atoms with Crippen LogP contribution in [0.5, 0.6) is 0 Å². The summed E-state index contributed by atoms with van der Waals surface area (Å²) in [4.78, 5) is 30.2. The predicted molar refractivity (Wildman–Crippen MR) is 102 cm³/mol. The van der Waals surface area contributed by atoms with Crippen LogP contribution >= 0.6 is 0 Å².